The first-order valence-corrected chi connectivity index (χ1v) is 3.68. The Morgan fingerprint density at radius 1 is 1.44 bits per heavy atom. The van der Waals surface area contributed by atoms with E-state index in [1.807, 2.05) is 0 Å². The molecular formula is C7H18N2. The Morgan fingerprint density at radius 2 is 2.00 bits per heavy atom. The van der Waals surface area contributed by atoms with E-state index in [0.717, 1.165) is 0 Å². The first kappa shape index (κ1) is 8.92. The second-order valence-electron chi connectivity index (χ2n) is 2.72. The zero-order chi connectivity index (χ0) is 7.28. The molecule has 0 aromatic heterocycles. The summed E-state index contributed by atoms with van der Waals surface area (Å²) in [6.45, 7) is 6.52. The van der Waals surface area contributed by atoms with Crippen LogP contribution in [0, 0.1) is 5.92 Å². The summed E-state index contributed by atoms with van der Waals surface area (Å²) in [6, 6.07) is 0.449. The number of hydrogen-bond acceptors (Lipinski definition) is 2. The molecule has 3 N–H and O–H groups in total. The van der Waals surface area contributed by atoms with Crippen LogP contribution in [-0.2, 0) is 0 Å². The lowest BCUT2D eigenvalue weighted by Crippen LogP contribution is -2.37. The lowest BCUT2D eigenvalue weighted by Gasteiger charge is -2.17. The standard InChI is InChI=1S/C7H18N2/c1-4-5-6(2)7(3)9-8/h6-7,9H,4-5,8H2,1-3H3. The van der Waals surface area contributed by atoms with Crippen molar-refractivity contribution in [3.8, 4) is 0 Å². The highest BCUT2D eigenvalue weighted by atomic mass is 15.2. The molecule has 0 spiro atoms. The second kappa shape index (κ2) is 4.77. The molecule has 2 unspecified atom stereocenters. The molecule has 0 heterocycles. The van der Waals surface area contributed by atoms with Gasteiger partial charge < -0.3 is 0 Å². The van der Waals surface area contributed by atoms with Crippen LogP contribution in [0.25, 0.3) is 0 Å². The van der Waals surface area contributed by atoms with Crippen molar-refractivity contribution in [1.29, 1.82) is 0 Å². The Hall–Kier alpha value is -0.0800. The third kappa shape index (κ3) is 3.49. The number of hydrogen-bond donors (Lipinski definition) is 2. The third-order valence-electron chi connectivity index (χ3n) is 1.86. The maximum Gasteiger partial charge on any atom is 0.0207 e. The van der Waals surface area contributed by atoms with Crippen molar-refractivity contribution >= 4 is 0 Å². The van der Waals surface area contributed by atoms with Crippen LogP contribution in [0.4, 0.5) is 0 Å². The third-order valence-corrected chi connectivity index (χ3v) is 1.86. The molecule has 2 nitrogen and oxygen atoms in total. The fraction of sp³-hybridized carbons (Fsp3) is 1.00. The largest absolute Gasteiger partial charge is 0.271 e. The van der Waals surface area contributed by atoms with E-state index in [0.29, 0.717) is 12.0 Å². The van der Waals surface area contributed by atoms with Crippen LogP contribution in [0.1, 0.15) is 33.6 Å². The van der Waals surface area contributed by atoms with Gasteiger partial charge in [-0.3, -0.25) is 11.3 Å². The first-order valence-electron chi connectivity index (χ1n) is 3.68. The summed E-state index contributed by atoms with van der Waals surface area (Å²) in [5.74, 6) is 5.95. The van der Waals surface area contributed by atoms with Gasteiger partial charge in [-0.2, -0.15) is 0 Å². The summed E-state index contributed by atoms with van der Waals surface area (Å²) in [5.41, 5.74) is 2.75. The fourth-order valence-corrected chi connectivity index (χ4v) is 0.870. The maximum atomic E-state index is 5.25. The van der Waals surface area contributed by atoms with E-state index in [2.05, 4.69) is 26.2 Å². The fourth-order valence-electron chi connectivity index (χ4n) is 0.870. The summed E-state index contributed by atoms with van der Waals surface area (Å²) >= 11 is 0. The van der Waals surface area contributed by atoms with E-state index in [1.165, 1.54) is 12.8 Å². The molecule has 0 rings (SSSR count). The van der Waals surface area contributed by atoms with Crippen molar-refractivity contribution < 1.29 is 0 Å². The topological polar surface area (TPSA) is 38.0 Å². The minimum atomic E-state index is 0.449. The van der Waals surface area contributed by atoms with Crippen molar-refractivity contribution in [3.05, 3.63) is 0 Å². The summed E-state index contributed by atoms with van der Waals surface area (Å²) in [4.78, 5) is 0. The average Bonchev–Trinajstić information content (AvgIpc) is 1.87. The van der Waals surface area contributed by atoms with Gasteiger partial charge in [0.1, 0.15) is 0 Å². The molecule has 0 aliphatic rings. The van der Waals surface area contributed by atoms with Gasteiger partial charge in [0.2, 0.25) is 0 Å². The summed E-state index contributed by atoms with van der Waals surface area (Å²) in [7, 11) is 0. The Morgan fingerprint density at radius 3 is 2.33 bits per heavy atom. The number of nitrogens with two attached hydrogens (primary N) is 1. The van der Waals surface area contributed by atoms with Gasteiger partial charge in [-0.15, -0.1) is 0 Å². The summed E-state index contributed by atoms with van der Waals surface area (Å²) in [5, 5.41) is 0. The first-order chi connectivity index (χ1) is 4.22. The van der Waals surface area contributed by atoms with Crippen molar-refractivity contribution in [2.75, 3.05) is 0 Å². The van der Waals surface area contributed by atoms with Gasteiger partial charge in [-0.1, -0.05) is 20.3 Å². The molecular weight excluding hydrogens is 112 g/mol. The van der Waals surface area contributed by atoms with Crippen LogP contribution < -0.4 is 11.3 Å². The van der Waals surface area contributed by atoms with Gasteiger partial charge in [-0.05, 0) is 19.3 Å². The monoisotopic (exact) mass is 130 g/mol. The van der Waals surface area contributed by atoms with E-state index >= 15 is 0 Å². The van der Waals surface area contributed by atoms with Crippen molar-refractivity contribution in [2.24, 2.45) is 11.8 Å². The highest BCUT2D eigenvalue weighted by Gasteiger charge is 2.07. The van der Waals surface area contributed by atoms with E-state index < -0.39 is 0 Å². The van der Waals surface area contributed by atoms with Crippen LogP contribution in [0.2, 0.25) is 0 Å². The molecule has 2 heteroatoms. The van der Waals surface area contributed by atoms with Crippen LogP contribution in [-0.4, -0.2) is 6.04 Å². The molecule has 9 heavy (non-hydrogen) atoms. The molecule has 0 radical (unpaired) electrons. The zero-order valence-corrected chi connectivity index (χ0v) is 6.65. The molecule has 0 aliphatic heterocycles. The van der Waals surface area contributed by atoms with Gasteiger partial charge in [0.05, 0.1) is 0 Å². The van der Waals surface area contributed by atoms with Crippen molar-refractivity contribution in [1.82, 2.24) is 5.43 Å². The van der Waals surface area contributed by atoms with Gasteiger partial charge in [0, 0.05) is 6.04 Å². The predicted octanol–water partition coefficient (Wildman–Crippen LogP) is 1.27. The predicted molar refractivity (Wildman–Crippen MR) is 40.9 cm³/mol. The molecule has 0 bridgehead atoms. The van der Waals surface area contributed by atoms with Gasteiger partial charge in [0.25, 0.3) is 0 Å². The number of nitrogens with one attached hydrogen (secondary N) is 1. The maximum absolute atomic E-state index is 5.25. The van der Waals surface area contributed by atoms with Crippen molar-refractivity contribution in [3.63, 3.8) is 0 Å². The lowest BCUT2D eigenvalue weighted by molar-refractivity contribution is 0.382. The quantitative estimate of drug-likeness (QED) is 0.444. The molecule has 0 aliphatic carbocycles. The number of hydrazine groups is 1. The highest BCUT2D eigenvalue weighted by molar-refractivity contribution is 4.63. The molecule has 0 aromatic rings. The molecule has 0 saturated heterocycles. The van der Waals surface area contributed by atoms with Gasteiger partial charge in [-0.25, -0.2) is 0 Å². The summed E-state index contributed by atoms with van der Waals surface area (Å²) in [6.07, 6.45) is 2.50. The van der Waals surface area contributed by atoms with Crippen LogP contribution in [0.3, 0.4) is 0 Å². The number of rotatable bonds is 4. The van der Waals surface area contributed by atoms with Crippen molar-refractivity contribution in [2.45, 2.75) is 39.7 Å². The lowest BCUT2D eigenvalue weighted by atomic mass is 9.99. The van der Waals surface area contributed by atoms with Crippen LogP contribution in [0.15, 0.2) is 0 Å². The van der Waals surface area contributed by atoms with Gasteiger partial charge in [0.15, 0.2) is 0 Å². The minimum Gasteiger partial charge on any atom is -0.271 e. The second-order valence-corrected chi connectivity index (χ2v) is 2.72. The Kier molecular flexibility index (Phi) is 4.72. The molecule has 56 valence electrons. The Bertz CT molecular complexity index is 63.9. The van der Waals surface area contributed by atoms with Crippen LogP contribution >= 0.6 is 0 Å². The molecule has 0 saturated carbocycles. The molecule has 0 aromatic carbocycles. The smallest absolute Gasteiger partial charge is 0.0207 e. The van der Waals surface area contributed by atoms with Crippen LogP contribution in [0.5, 0.6) is 0 Å². The Balaban J connectivity index is 3.32. The van der Waals surface area contributed by atoms with E-state index in [9.17, 15) is 0 Å². The SMILES string of the molecule is CCCC(C)C(C)NN. The van der Waals surface area contributed by atoms with E-state index in [-0.39, 0.29) is 0 Å². The molecule has 0 amide bonds. The molecule has 0 fully saturated rings. The Labute approximate surface area is 57.8 Å². The highest BCUT2D eigenvalue weighted by Crippen LogP contribution is 2.08. The normalized spacial score (nSPS) is 17.3. The minimum absolute atomic E-state index is 0.449. The summed E-state index contributed by atoms with van der Waals surface area (Å²) < 4.78 is 0. The zero-order valence-electron chi connectivity index (χ0n) is 6.65. The van der Waals surface area contributed by atoms with Gasteiger partial charge >= 0.3 is 0 Å². The average molecular weight is 130 g/mol. The molecule has 2 atom stereocenters. The van der Waals surface area contributed by atoms with E-state index in [4.69, 9.17) is 5.84 Å². The van der Waals surface area contributed by atoms with E-state index in [1.54, 1.807) is 0 Å².